The van der Waals surface area contributed by atoms with Crippen LogP contribution in [-0.4, -0.2) is 10.9 Å². The van der Waals surface area contributed by atoms with Crippen LogP contribution >= 0.6 is 23.2 Å². The molecule has 5 rings (SSSR count). The van der Waals surface area contributed by atoms with Gasteiger partial charge >= 0.3 is 0 Å². The molecule has 0 spiro atoms. The van der Waals surface area contributed by atoms with E-state index in [0.29, 0.717) is 27.9 Å². The van der Waals surface area contributed by atoms with Crippen molar-refractivity contribution in [3.63, 3.8) is 0 Å². The predicted octanol–water partition coefficient (Wildman–Crippen LogP) is 6.86. The summed E-state index contributed by atoms with van der Waals surface area (Å²) in [6, 6.07) is 20.4. The quantitative estimate of drug-likeness (QED) is 0.352. The number of carbonyl (C=O) groups is 1. The number of benzene rings is 3. The second-order valence-corrected chi connectivity index (χ2v) is 8.69. The monoisotopic (exact) mass is 462 g/mol. The van der Waals surface area contributed by atoms with E-state index in [1.165, 1.54) is 0 Å². The lowest BCUT2D eigenvalue weighted by molar-refractivity contribution is 0.102. The molecule has 0 saturated carbocycles. The van der Waals surface area contributed by atoms with E-state index in [2.05, 4.69) is 5.32 Å². The summed E-state index contributed by atoms with van der Waals surface area (Å²) in [4.78, 5) is 18.0. The molecular weight excluding hydrogens is 443 g/mol. The average Bonchev–Trinajstić information content (AvgIpc) is 3.26. The van der Waals surface area contributed by atoms with Gasteiger partial charge in [-0.25, -0.2) is 0 Å². The minimum absolute atomic E-state index is 0.146. The zero-order valence-corrected chi connectivity index (χ0v) is 18.7. The fourth-order valence-electron chi connectivity index (χ4n) is 4.07. The van der Waals surface area contributed by atoms with E-state index in [4.69, 9.17) is 32.9 Å². The first kappa shape index (κ1) is 20.8. The maximum atomic E-state index is 13.3. The van der Waals surface area contributed by atoms with Gasteiger partial charge in [0.05, 0.1) is 11.1 Å². The minimum Gasteiger partial charge on any atom is -0.489 e. The molecule has 1 aromatic heterocycles. The molecule has 1 amide bonds. The van der Waals surface area contributed by atoms with E-state index >= 15 is 0 Å². The van der Waals surface area contributed by atoms with Crippen molar-refractivity contribution >= 4 is 45.7 Å². The molecule has 1 aliphatic rings. The van der Waals surface area contributed by atoms with E-state index in [1.54, 1.807) is 0 Å². The van der Waals surface area contributed by atoms with Crippen LogP contribution < -0.4 is 10.1 Å². The van der Waals surface area contributed by atoms with Crippen LogP contribution in [0.3, 0.4) is 0 Å². The Morgan fingerprint density at radius 2 is 1.69 bits per heavy atom. The highest BCUT2D eigenvalue weighted by Crippen LogP contribution is 2.32. The van der Waals surface area contributed by atoms with Crippen molar-refractivity contribution in [2.24, 2.45) is 0 Å². The van der Waals surface area contributed by atoms with Crippen LogP contribution in [0.5, 0.6) is 5.75 Å². The van der Waals surface area contributed by atoms with E-state index in [9.17, 15) is 4.79 Å². The first-order chi connectivity index (χ1) is 15.6. The Bertz CT molecular complexity index is 1300. The molecule has 0 aliphatic heterocycles. The number of pyridine rings is 1. The number of fused-ring (bicyclic) bond motifs is 2. The van der Waals surface area contributed by atoms with Gasteiger partial charge in [0.15, 0.2) is 0 Å². The largest absolute Gasteiger partial charge is 0.489 e. The lowest BCUT2D eigenvalue weighted by Gasteiger charge is -2.13. The number of hydrogen-bond acceptors (Lipinski definition) is 3. The van der Waals surface area contributed by atoms with Gasteiger partial charge in [-0.15, -0.1) is 0 Å². The van der Waals surface area contributed by atoms with Crippen LogP contribution in [0.2, 0.25) is 10.0 Å². The van der Waals surface area contributed by atoms with Crippen LogP contribution in [0.4, 0.5) is 5.69 Å². The molecule has 160 valence electrons. The number of nitrogens with one attached hydrogen (secondary N) is 1. The number of amides is 1. The van der Waals surface area contributed by atoms with Gasteiger partial charge in [-0.2, -0.15) is 0 Å². The SMILES string of the molecule is O=C(Nc1ccc(OCc2ccc(Cl)cc2)cc1)c1c2c(nc3ccc(Cl)cc13)CCC2. The van der Waals surface area contributed by atoms with Gasteiger partial charge in [0.2, 0.25) is 0 Å². The van der Waals surface area contributed by atoms with Gasteiger partial charge < -0.3 is 10.1 Å². The number of carbonyl (C=O) groups excluding carboxylic acids is 1. The van der Waals surface area contributed by atoms with E-state index in [-0.39, 0.29) is 5.91 Å². The summed E-state index contributed by atoms with van der Waals surface area (Å²) >= 11 is 12.1. The number of aryl methyl sites for hydroxylation is 1. The number of halogens is 2. The fourth-order valence-corrected chi connectivity index (χ4v) is 4.37. The molecule has 1 aliphatic carbocycles. The zero-order valence-electron chi connectivity index (χ0n) is 17.2. The van der Waals surface area contributed by atoms with E-state index < -0.39 is 0 Å². The molecule has 3 aromatic carbocycles. The second kappa shape index (κ2) is 8.81. The van der Waals surface area contributed by atoms with Gasteiger partial charge in [0, 0.05) is 26.8 Å². The molecule has 4 aromatic rings. The van der Waals surface area contributed by atoms with Gasteiger partial charge in [0.25, 0.3) is 5.91 Å². The fraction of sp³-hybridized carbons (Fsp3) is 0.154. The van der Waals surface area contributed by atoms with Crippen molar-refractivity contribution in [2.45, 2.75) is 25.9 Å². The zero-order chi connectivity index (χ0) is 22.1. The van der Waals surface area contributed by atoms with E-state index in [0.717, 1.165) is 52.7 Å². The van der Waals surface area contributed by atoms with Crippen molar-refractivity contribution in [3.05, 3.63) is 99.2 Å². The lowest BCUT2D eigenvalue weighted by Crippen LogP contribution is -2.15. The predicted molar refractivity (Wildman–Crippen MR) is 129 cm³/mol. The van der Waals surface area contributed by atoms with Gasteiger partial charge in [0.1, 0.15) is 12.4 Å². The Labute approximate surface area is 196 Å². The van der Waals surface area contributed by atoms with Crippen molar-refractivity contribution < 1.29 is 9.53 Å². The van der Waals surface area contributed by atoms with Crippen LogP contribution in [-0.2, 0) is 19.4 Å². The maximum absolute atomic E-state index is 13.3. The van der Waals surface area contributed by atoms with Crippen LogP contribution in [0.1, 0.15) is 33.6 Å². The standard InChI is InChI=1S/C26H20Cl2N2O2/c27-17-6-4-16(5-7-17)15-32-20-11-9-19(10-12-20)29-26(31)25-21-2-1-3-23(21)30-24-13-8-18(28)14-22(24)25/h4-14H,1-3,15H2,(H,29,31). The topological polar surface area (TPSA) is 51.2 Å². The third-order valence-electron chi connectivity index (χ3n) is 5.63. The summed E-state index contributed by atoms with van der Waals surface area (Å²) in [5, 5.41) is 5.11. The molecule has 0 atom stereocenters. The summed E-state index contributed by atoms with van der Waals surface area (Å²) < 4.78 is 5.83. The summed E-state index contributed by atoms with van der Waals surface area (Å²) in [7, 11) is 0. The van der Waals surface area contributed by atoms with E-state index in [1.807, 2.05) is 66.7 Å². The number of anilines is 1. The third kappa shape index (κ3) is 4.29. The number of ether oxygens (including phenoxy) is 1. The molecule has 0 unspecified atom stereocenters. The molecular formula is C26H20Cl2N2O2. The molecule has 0 saturated heterocycles. The first-order valence-electron chi connectivity index (χ1n) is 10.5. The molecule has 0 bridgehead atoms. The molecule has 1 heterocycles. The number of rotatable bonds is 5. The highest BCUT2D eigenvalue weighted by Gasteiger charge is 2.24. The lowest BCUT2D eigenvalue weighted by atomic mass is 10.0. The third-order valence-corrected chi connectivity index (χ3v) is 6.12. The van der Waals surface area contributed by atoms with Gasteiger partial charge in [-0.3, -0.25) is 9.78 Å². The summed E-state index contributed by atoms with van der Waals surface area (Å²) in [5.41, 5.74) is 5.24. The summed E-state index contributed by atoms with van der Waals surface area (Å²) in [6.45, 7) is 0.443. The Morgan fingerprint density at radius 1 is 0.938 bits per heavy atom. The Hall–Kier alpha value is -3.08. The molecule has 32 heavy (non-hydrogen) atoms. The molecule has 0 fully saturated rings. The molecule has 6 heteroatoms. The van der Waals surface area contributed by atoms with Crippen LogP contribution in [0.15, 0.2) is 66.7 Å². The van der Waals surface area contributed by atoms with Crippen molar-refractivity contribution in [1.82, 2.24) is 4.98 Å². The summed E-state index contributed by atoms with van der Waals surface area (Å²) in [6.07, 6.45) is 2.76. The first-order valence-corrected chi connectivity index (χ1v) is 11.2. The second-order valence-electron chi connectivity index (χ2n) is 7.82. The Kier molecular flexibility index (Phi) is 5.73. The molecule has 0 radical (unpaired) electrons. The highest BCUT2D eigenvalue weighted by molar-refractivity contribution is 6.31. The Balaban J connectivity index is 1.35. The average molecular weight is 463 g/mol. The van der Waals surface area contributed by atoms with Crippen molar-refractivity contribution in [3.8, 4) is 5.75 Å². The Morgan fingerprint density at radius 3 is 2.47 bits per heavy atom. The minimum atomic E-state index is -0.146. The molecule has 1 N–H and O–H groups in total. The maximum Gasteiger partial charge on any atom is 0.256 e. The van der Waals surface area contributed by atoms with Gasteiger partial charge in [-0.05, 0) is 85.0 Å². The number of nitrogens with zero attached hydrogens (tertiary/aromatic N) is 1. The molecule has 4 nitrogen and oxygen atoms in total. The smallest absolute Gasteiger partial charge is 0.256 e. The number of hydrogen-bond donors (Lipinski definition) is 1. The summed E-state index contributed by atoms with van der Waals surface area (Å²) in [5.74, 6) is 0.577. The highest BCUT2D eigenvalue weighted by atomic mass is 35.5. The normalized spacial score (nSPS) is 12.6. The van der Waals surface area contributed by atoms with Crippen LogP contribution in [0.25, 0.3) is 10.9 Å². The van der Waals surface area contributed by atoms with Crippen molar-refractivity contribution in [1.29, 1.82) is 0 Å². The van der Waals surface area contributed by atoms with Gasteiger partial charge in [-0.1, -0.05) is 35.3 Å². The van der Waals surface area contributed by atoms with Crippen molar-refractivity contribution in [2.75, 3.05) is 5.32 Å². The number of aromatic nitrogens is 1. The van der Waals surface area contributed by atoms with Crippen LogP contribution in [0, 0.1) is 0 Å².